The van der Waals surface area contributed by atoms with Crippen LogP contribution in [0.5, 0.6) is 5.75 Å². The molecule has 0 unspecified atom stereocenters. The van der Waals surface area contributed by atoms with Gasteiger partial charge in [0, 0.05) is 16.7 Å². The number of hydrogen-bond acceptors (Lipinski definition) is 11. The number of phenols is 1. The largest absolute Gasteiger partial charge is 0.505 e. The highest BCUT2D eigenvalue weighted by molar-refractivity contribution is 7.92. The summed E-state index contributed by atoms with van der Waals surface area (Å²) in [4.78, 5) is 39.3. The Morgan fingerprint density at radius 2 is 1.60 bits per heavy atom. The molecular weight excluding hydrogens is 656 g/mol. The molecule has 1 aliphatic rings. The number of nitrogens with zero attached hydrogens (tertiary/aromatic N) is 5. The average molecular weight is 681 g/mol. The number of hydrogen-bond donors (Lipinski definition) is 4. The van der Waals surface area contributed by atoms with E-state index in [1.807, 2.05) is 20.8 Å². The normalized spacial score (nSPS) is 13.6. The number of anilines is 1. The summed E-state index contributed by atoms with van der Waals surface area (Å²) in [5.74, 6) is -3.83. The van der Waals surface area contributed by atoms with Crippen LogP contribution < -0.4 is 4.72 Å². The van der Waals surface area contributed by atoms with Crippen LogP contribution in [0, 0.1) is 5.41 Å². The fourth-order valence-electron chi connectivity index (χ4n) is 4.54. The highest BCUT2D eigenvalue weighted by Crippen LogP contribution is 2.35. The van der Waals surface area contributed by atoms with Gasteiger partial charge in [0.1, 0.15) is 17.0 Å². The number of carboxylic acids is 2. The van der Waals surface area contributed by atoms with Crippen LogP contribution in [0.4, 0.5) is 11.4 Å². The third kappa shape index (κ3) is 6.41. The minimum atomic E-state index is -4.44. The zero-order valence-corrected chi connectivity index (χ0v) is 26.6. The SMILES string of the molecule is COC(=O)c1cc(N=C2C(C(C)(C)C)=Nn3c2nnc3-c2cccc(NS(=O)(=O)c3cc(C(=O)O)cc(C(=O)O)c3)c2)cc(Cl)c1O. The topological polar surface area (TPSA) is 223 Å². The maximum atomic E-state index is 13.2. The van der Waals surface area contributed by atoms with Gasteiger partial charge < -0.3 is 20.1 Å². The Morgan fingerprint density at radius 1 is 0.957 bits per heavy atom. The summed E-state index contributed by atoms with van der Waals surface area (Å²) in [5, 5.41) is 42.1. The minimum Gasteiger partial charge on any atom is -0.505 e. The van der Waals surface area contributed by atoms with Gasteiger partial charge in [0.25, 0.3) is 10.0 Å². The highest BCUT2D eigenvalue weighted by atomic mass is 35.5. The van der Waals surface area contributed by atoms with Gasteiger partial charge in [-0.3, -0.25) is 4.72 Å². The van der Waals surface area contributed by atoms with Crippen molar-refractivity contribution >= 4 is 62.3 Å². The molecule has 5 rings (SSSR count). The van der Waals surface area contributed by atoms with Crippen molar-refractivity contribution in [3.63, 3.8) is 0 Å². The molecule has 15 nitrogen and oxygen atoms in total. The first-order valence-corrected chi connectivity index (χ1v) is 15.4. The smallest absolute Gasteiger partial charge is 0.341 e. The van der Waals surface area contributed by atoms with Crippen molar-refractivity contribution < 1.29 is 42.9 Å². The molecule has 0 fully saturated rings. The number of esters is 1. The number of aromatic hydroxyl groups is 1. The predicted octanol–water partition coefficient (Wildman–Crippen LogP) is 4.67. The van der Waals surface area contributed by atoms with E-state index >= 15 is 0 Å². The van der Waals surface area contributed by atoms with E-state index in [0.29, 0.717) is 17.0 Å². The number of benzene rings is 3. The van der Waals surface area contributed by atoms with Gasteiger partial charge in [-0.2, -0.15) is 9.78 Å². The molecule has 3 aromatic carbocycles. The van der Waals surface area contributed by atoms with E-state index in [0.717, 1.165) is 25.3 Å². The lowest BCUT2D eigenvalue weighted by Crippen LogP contribution is -2.27. The van der Waals surface area contributed by atoms with Crippen molar-refractivity contribution in [2.24, 2.45) is 15.5 Å². The van der Waals surface area contributed by atoms with E-state index < -0.39 is 55.1 Å². The quantitative estimate of drug-likeness (QED) is 0.187. The molecule has 0 bridgehead atoms. The maximum absolute atomic E-state index is 13.2. The van der Waals surface area contributed by atoms with Gasteiger partial charge in [-0.25, -0.2) is 27.8 Å². The molecule has 0 amide bonds. The van der Waals surface area contributed by atoms with E-state index in [1.165, 1.54) is 35.0 Å². The van der Waals surface area contributed by atoms with Gasteiger partial charge in [-0.1, -0.05) is 44.5 Å². The molecule has 0 atom stereocenters. The Bertz CT molecular complexity index is 2140. The van der Waals surface area contributed by atoms with Gasteiger partial charge in [0.05, 0.1) is 39.6 Å². The van der Waals surface area contributed by atoms with Crippen LogP contribution >= 0.6 is 11.6 Å². The number of halogens is 1. The molecule has 0 saturated heterocycles. The molecule has 0 saturated carbocycles. The van der Waals surface area contributed by atoms with E-state index in [9.17, 15) is 38.1 Å². The van der Waals surface area contributed by atoms with E-state index in [1.54, 1.807) is 6.07 Å². The van der Waals surface area contributed by atoms with E-state index in [2.05, 4.69) is 19.9 Å². The second-order valence-electron chi connectivity index (χ2n) is 11.2. The molecule has 1 aliphatic heterocycles. The number of carbonyl (C=O) groups excluding carboxylic acids is 1. The third-order valence-corrected chi connectivity index (χ3v) is 8.41. The maximum Gasteiger partial charge on any atom is 0.341 e. The number of nitrogens with one attached hydrogen (secondary N) is 1. The second kappa shape index (κ2) is 12.0. The van der Waals surface area contributed by atoms with Gasteiger partial charge in [0.15, 0.2) is 5.82 Å². The summed E-state index contributed by atoms with van der Waals surface area (Å²) in [6.45, 7) is 5.69. The summed E-state index contributed by atoms with van der Waals surface area (Å²) in [5.41, 5.74) is -0.353. The van der Waals surface area contributed by atoms with Crippen molar-refractivity contribution in [3.05, 3.63) is 82.1 Å². The zero-order chi connectivity index (χ0) is 34.4. The number of ether oxygens (including phenoxy) is 1. The van der Waals surface area contributed by atoms with Crippen LogP contribution in [-0.2, 0) is 14.8 Å². The van der Waals surface area contributed by atoms with E-state index in [-0.39, 0.29) is 33.6 Å². The van der Waals surface area contributed by atoms with Crippen molar-refractivity contribution in [1.82, 2.24) is 14.9 Å². The molecule has 0 spiro atoms. The number of phenolic OH excluding ortho intramolecular Hbond substituents is 1. The molecule has 242 valence electrons. The number of carboxylic acid groups (broad SMARTS) is 2. The van der Waals surface area contributed by atoms with Crippen LogP contribution in [0.15, 0.2) is 69.6 Å². The van der Waals surface area contributed by atoms with Gasteiger partial charge in [-0.05, 0) is 42.5 Å². The predicted molar refractivity (Wildman–Crippen MR) is 170 cm³/mol. The number of rotatable bonds is 8. The van der Waals surface area contributed by atoms with Crippen LogP contribution in [0.2, 0.25) is 5.02 Å². The molecule has 4 aromatic rings. The fourth-order valence-corrected chi connectivity index (χ4v) is 5.88. The van der Waals surface area contributed by atoms with Gasteiger partial charge >= 0.3 is 17.9 Å². The number of aliphatic imine (C=N–C) groups is 1. The second-order valence-corrected chi connectivity index (χ2v) is 13.3. The Labute approximate surface area is 271 Å². The van der Waals surface area contributed by atoms with E-state index in [4.69, 9.17) is 21.4 Å². The number of sulfonamides is 1. The van der Waals surface area contributed by atoms with Crippen molar-refractivity contribution in [1.29, 1.82) is 0 Å². The van der Waals surface area contributed by atoms with Crippen LogP contribution in [0.25, 0.3) is 11.4 Å². The van der Waals surface area contributed by atoms with Crippen molar-refractivity contribution in [3.8, 4) is 17.1 Å². The summed E-state index contributed by atoms with van der Waals surface area (Å²) in [7, 11) is -3.28. The monoisotopic (exact) mass is 680 g/mol. The lowest BCUT2D eigenvalue weighted by molar-refractivity contribution is 0.0595. The van der Waals surface area contributed by atoms with Crippen molar-refractivity contribution in [2.45, 2.75) is 25.7 Å². The zero-order valence-electron chi connectivity index (χ0n) is 25.0. The molecule has 4 N–H and O–H groups in total. The van der Waals surface area contributed by atoms with Crippen LogP contribution in [0.1, 0.15) is 57.7 Å². The summed E-state index contributed by atoms with van der Waals surface area (Å²) in [6.07, 6.45) is 0. The Balaban J connectivity index is 1.55. The molecular formula is C30H25ClN6O9S. The van der Waals surface area contributed by atoms with Gasteiger partial charge in [0.2, 0.25) is 5.82 Å². The summed E-state index contributed by atoms with van der Waals surface area (Å²) < 4.78 is 34.9. The Morgan fingerprint density at radius 3 is 2.19 bits per heavy atom. The molecule has 47 heavy (non-hydrogen) atoms. The van der Waals surface area contributed by atoms with Crippen LogP contribution in [-0.4, -0.2) is 75.1 Å². The number of methoxy groups -OCH3 is 1. The lowest BCUT2D eigenvalue weighted by atomic mass is 9.87. The molecule has 0 aliphatic carbocycles. The number of fused-ring (bicyclic) bond motifs is 1. The molecule has 1 aromatic heterocycles. The van der Waals surface area contributed by atoms with Crippen LogP contribution in [0.3, 0.4) is 0 Å². The first-order valence-electron chi connectivity index (χ1n) is 13.5. The number of aromatic nitrogens is 3. The third-order valence-electron chi connectivity index (χ3n) is 6.77. The van der Waals surface area contributed by atoms with Gasteiger partial charge in [-0.15, -0.1) is 10.2 Å². The van der Waals surface area contributed by atoms with Crippen molar-refractivity contribution in [2.75, 3.05) is 11.8 Å². The average Bonchev–Trinajstić information content (AvgIpc) is 3.58. The first-order chi connectivity index (χ1) is 22.0. The summed E-state index contributed by atoms with van der Waals surface area (Å²) >= 11 is 6.17. The number of carbonyl (C=O) groups is 3. The lowest BCUT2D eigenvalue weighted by Gasteiger charge is -2.18. The Kier molecular flexibility index (Phi) is 8.34. The summed E-state index contributed by atoms with van der Waals surface area (Å²) in [6, 6.07) is 11.3. The fraction of sp³-hybridized carbons (Fsp3) is 0.167. The first kappa shape index (κ1) is 32.8. The Hall–Kier alpha value is -5.61. The highest BCUT2D eigenvalue weighted by Gasteiger charge is 2.36. The molecule has 17 heteroatoms. The standard InChI is InChI=1S/C30H25ClN6O9S/c1-30(2,3)24-22(32-18-12-20(29(43)46-4)23(38)21(31)13-18)26-34-33-25(37(26)35-24)14-6-5-7-17(9-14)36-47(44,45)19-10-15(27(39)40)8-16(11-19)28(41)42/h5-13,36,38H,1-4H3,(H,39,40)(H,41,42). The molecule has 2 heterocycles. The number of aromatic carboxylic acids is 2. The minimum absolute atomic E-state index is 0.0541. The molecule has 0 radical (unpaired) electrons.